The normalized spacial score (nSPS) is 16.0. The maximum atomic E-state index is 10.5. The predicted molar refractivity (Wildman–Crippen MR) is 50.3 cm³/mol. The van der Waals surface area contributed by atoms with E-state index in [1.165, 1.54) is 12.8 Å². The van der Waals surface area contributed by atoms with Gasteiger partial charge in [-0.25, -0.2) is 9.50 Å². The van der Waals surface area contributed by atoms with Gasteiger partial charge in [0.2, 0.25) is 0 Å². The van der Waals surface area contributed by atoms with Crippen molar-refractivity contribution < 1.29 is 4.79 Å². The third-order valence-electron chi connectivity index (χ3n) is 2.46. The largest absolute Gasteiger partial charge is 0.298 e. The predicted octanol–water partition coefficient (Wildman–Crippen LogP) is 1.42. The minimum Gasteiger partial charge on any atom is -0.298 e. The van der Waals surface area contributed by atoms with Crippen molar-refractivity contribution in [3.8, 4) is 0 Å². The fraction of sp³-hybridized carbons (Fsp3) is 0.300. The molecule has 1 fully saturated rings. The summed E-state index contributed by atoms with van der Waals surface area (Å²) in [6.07, 6.45) is 4.98. The van der Waals surface area contributed by atoms with E-state index in [1.807, 2.05) is 0 Å². The second-order valence-electron chi connectivity index (χ2n) is 3.62. The van der Waals surface area contributed by atoms with Crippen molar-refractivity contribution in [2.24, 2.45) is 0 Å². The summed E-state index contributed by atoms with van der Waals surface area (Å²) >= 11 is 0. The Kier molecular flexibility index (Phi) is 1.45. The summed E-state index contributed by atoms with van der Waals surface area (Å²) in [6.45, 7) is 0. The van der Waals surface area contributed by atoms with E-state index in [4.69, 9.17) is 0 Å². The van der Waals surface area contributed by atoms with Crippen LogP contribution in [0.25, 0.3) is 5.65 Å². The topological polar surface area (TPSA) is 47.3 Å². The molecular formula is C10H9N3O. The van der Waals surface area contributed by atoms with Crippen LogP contribution in [0.3, 0.4) is 0 Å². The Labute approximate surface area is 80.6 Å². The first-order chi connectivity index (χ1) is 6.86. The summed E-state index contributed by atoms with van der Waals surface area (Å²) in [7, 11) is 0. The highest BCUT2D eigenvalue weighted by atomic mass is 16.1. The second-order valence-corrected chi connectivity index (χ2v) is 3.62. The summed E-state index contributed by atoms with van der Waals surface area (Å²) in [5.41, 5.74) is 1.41. The summed E-state index contributed by atoms with van der Waals surface area (Å²) in [5, 5.41) is 4.34. The molecule has 1 aliphatic carbocycles. The fourth-order valence-electron chi connectivity index (χ4n) is 1.50. The van der Waals surface area contributed by atoms with Crippen LogP contribution >= 0.6 is 0 Å². The van der Waals surface area contributed by atoms with E-state index in [9.17, 15) is 4.79 Å². The van der Waals surface area contributed by atoms with E-state index in [0.717, 1.165) is 17.8 Å². The third-order valence-corrected chi connectivity index (χ3v) is 2.46. The summed E-state index contributed by atoms with van der Waals surface area (Å²) in [6, 6.07) is 3.50. The van der Waals surface area contributed by atoms with Crippen molar-refractivity contribution >= 4 is 11.9 Å². The molecule has 0 aliphatic heterocycles. The minimum absolute atomic E-state index is 0.551. The van der Waals surface area contributed by atoms with Crippen LogP contribution in [0, 0.1) is 0 Å². The Morgan fingerprint density at radius 2 is 2.36 bits per heavy atom. The van der Waals surface area contributed by atoms with Crippen LogP contribution < -0.4 is 0 Å². The summed E-state index contributed by atoms with van der Waals surface area (Å²) in [4.78, 5) is 14.9. The lowest BCUT2D eigenvalue weighted by Crippen LogP contribution is -1.89. The maximum absolute atomic E-state index is 10.5. The molecule has 4 nitrogen and oxygen atoms in total. The molecule has 0 bridgehead atoms. The molecule has 0 saturated heterocycles. The molecule has 0 radical (unpaired) electrons. The molecule has 2 aromatic rings. The minimum atomic E-state index is 0.551. The van der Waals surface area contributed by atoms with Gasteiger partial charge in [-0.15, -0.1) is 0 Å². The Hall–Kier alpha value is -1.71. The van der Waals surface area contributed by atoms with Crippen LogP contribution in [0.15, 0.2) is 18.3 Å². The average molecular weight is 187 g/mol. The van der Waals surface area contributed by atoms with Crippen molar-refractivity contribution in [1.29, 1.82) is 0 Å². The van der Waals surface area contributed by atoms with E-state index in [-0.39, 0.29) is 0 Å². The molecule has 0 amide bonds. The molecule has 1 saturated carbocycles. The molecule has 14 heavy (non-hydrogen) atoms. The number of carbonyl (C=O) groups is 1. The second kappa shape index (κ2) is 2.64. The number of aromatic nitrogens is 3. The van der Waals surface area contributed by atoms with Crippen molar-refractivity contribution in [3.05, 3.63) is 29.7 Å². The van der Waals surface area contributed by atoms with E-state index in [1.54, 1.807) is 22.8 Å². The van der Waals surface area contributed by atoms with Gasteiger partial charge in [0.1, 0.15) is 6.29 Å². The van der Waals surface area contributed by atoms with Crippen LogP contribution in [0.1, 0.15) is 34.9 Å². The van der Waals surface area contributed by atoms with Crippen LogP contribution in [-0.4, -0.2) is 20.9 Å². The lowest BCUT2D eigenvalue weighted by molar-refractivity contribution is 0.112. The monoisotopic (exact) mass is 187 g/mol. The number of hydrogen-bond donors (Lipinski definition) is 0. The first-order valence-corrected chi connectivity index (χ1v) is 4.68. The van der Waals surface area contributed by atoms with Crippen LogP contribution in [0.5, 0.6) is 0 Å². The quantitative estimate of drug-likeness (QED) is 0.668. The molecule has 4 heteroatoms. The molecule has 3 rings (SSSR count). The Bertz CT molecular complexity index is 499. The smallest absolute Gasteiger partial charge is 0.156 e. The SMILES string of the molecule is O=Cc1ccn2nc(C3CC3)nc2c1. The zero-order valence-corrected chi connectivity index (χ0v) is 7.55. The first-order valence-electron chi connectivity index (χ1n) is 4.68. The molecule has 0 aromatic carbocycles. The number of hydrogen-bond acceptors (Lipinski definition) is 3. The van der Waals surface area contributed by atoms with Crippen molar-refractivity contribution in [2.75, 3.05) is 0 Å². The van der Waals surface area contributed by atoms with Crippen molar-refractivity contribution in [1.82, 2.24) is 14.6 Å². The zero-order chi connectivity index (χ0) is 9.54. The van der Waals surface area contributed by atoms with Gasteiger partial charge in [0, 0.05) is 17.7 Å². The Balaban J connectivity index is 2.17. The van der Waals surface area contributed by atoms with Gasteiger partial charge >= 0.3 is 0 Å². The lowest BCUT2D eigenvalue weighted by atomic mass is 10.3. The molecule has 1 aliphatic rings. The standard InChI is InChI=1S/C10H9N3O/c14-6-7-3-4-13-9(5-7)11-10(12-13)8-1-2-8/h3-6,8H,1-2H2. The van der Waals surface area contributed by atoms with E-state index in [2.05, 4.69) is 10.1 Å². The highest BCUT2D eigenvalue weighted by Crippen LogP contribution is 2.38. The zero-order valence-electron chi connectivity index (χ0n) is 7.55. The lowest BCUT2D eigenvalue weighted by Gasteiger charge is -1.90. The average Bonchev–Trinajstić information content (AvgIpc) is 2.97. The molecular weight excluding hydrogens is 178 g/mol. The molecule has 0 N–H and O–H groups in total. The first kappa shape index (κ1) is 7.67. The van der Waals surface area contributed by atoms with E-state index < -0.39 is 0 Å². The van der Waals surface area contributed by atoms with Gasteiger partial charge in [0.15, 0.2) is 11.5 Å². The third kappa shape index (κ3) is 1.11. The highest BCUT2D eigenvalue weighted by Gasteiger charge is 2.27. The molecule has 2 heterocycles. The van der Waals surface area contributed by atoms with E-state index in [0.29, 0.717) is 11.5 Å². The number of fused-ring (bicyclic) bond motifs is 1. The van der Waals surface area contributed by atoms with Gasteiger partial charge in [-0.05, 0) is 25.0 Å². The van der Waals surface area contributed by atoms with Crippen molar-refractivity contribution in [2.45, 2.75) is 18.8 Å². The molecule has 0 atom stereocenters. The van der Waals surface area contributed by atoms with Gasteiger partial charge < -0.3 is 0 Å². The van der Waals surface area contributed by atoms with Gasteiger partial charge in [-0.2, -0.15) is 5.10 Å². The number of carbonyl (C=O) groups excluding carboxylic acids is 1. The van der Waals surface area contributed by atoms with Gasteiger partial charge in [-0.3, -0.25) is 4.79 Å². The van der Waals surface area contributed by atoms with Crippen LogP contribution in [0.2, 0.25) is 0 Å². The van der Waals surface area contributed by atoms with Gasteiger partial charge in [0.05, 0.1) is 0 Å². The van der Waals surface area contributed by atoms with Gasteiger partial charge in [-0.1, -0.05) is 0 Å². The van der Waals surface area contributed by atoms with Crippen molar-refractivity contribution in [3.63, 3.8) is 0 Å². The van der Waals surface area contributed by atoms with E-state index >= 15 is 0 Å². The summed E-state index contributed by atoms with van der Waals surface area (Å²) in [5.74, 6) is 1.46. The van der Waals surface area contributed by atoms with Crippen LogP contribution in [0.4, 0.5) is 0 Å². The Morgan fingerprint density at radius 1 is 1.50 bits per heavy atom. The highest BCUT2D eigenvalue weighted by molar-refractivity contribution is 5.76. The van der Waals surface area contributed by atoms with Crippen LogP contribution in [-0.2, 0) is 0 Å². The fourth-order valence-corrected chi connectivity index (χ4v) is 1.50. The number of rotatable bonds is 2. The maximum Gasteiger partial charge on any atom is 0.156 e. The number of aldehydes is 1. The van der Waals surface area contributed by atoms with Gasteiger partial charge in [0.25, 0.3) is 0 Å². The molecule has 0 spiro atoms. The summed E-state index contributed by atoms with van der Waals surface area (Å²) < 4.78 is 1.72. The molecule has 0 unspecified atom stereocenters. The molecule has 2 aromatic heterocycles. The number of nitrogens with zero attached hydrogens (tertiary/aromatic N) is 3. The Morgan fingerprint density at radius 3 is 3.07 bits per heavy atom. The number of pyridine rings is 1. The molecule has 70 valence electrons.